The van der Waals surface area contributed by atoms with Crippen molar-refractivity contribution in [2.45, 2.75) is 35.5 Å². The van der Waals surface area contributed by atoms with Crippen LogP contribution in [0.4, 0.5) is 5.95 Å². The lowest BCUT2D eigenvalue weighted by molar-refractivity contribution is -0.118. The molecule has 0 aliphatic carbocycles. The summed E-state index contributed by atoms with van der Waals surface area (Å²) >= 11 is 3.17. The van der Waals surface area contributed by atoms with Crippen LogP contribution in [-0.2, 0) is 20.8 Å². The molecule has 1 atom stereocenters. The van der Waals surface area contributed by atoms with Crippen molar-refractivity contribution in [3.8, 4) is 0 Å². The van der Waals surface area contributed by atoms with E-state index >= 15 is 0 Å². The normalized spacial score (nSPS) is 19.0. The molecule has 4 rings (SSSR count). The summed E-state index contributed by atoms with van der Waals surface area (Å²) in [4.78, 5) is 15.8. The summed E-state index contributed by atoms with van der Waals surface area (Å²) in [7, 11) is 0. The number of benzene rings is 1. The molecule has 1 N–H and O–H groups in total. The third-order valence-corrected chi connectivity index (χ3v) is 7.15. The molecule has 0 spiro atoms. The zero-order chi connectivity index (χ0) is 21.3. The second-order valence-electron chi connectivity index (χ2n) is 7.43. The van der Waals surface area contributed by atoms with Gasteiger partial charge >= 0.3 is 0 Å². The van der Waals surface area contributed by atoms with Crippen LogP contribution in [0.5, 0.6) is 0 Å². The van der Waals surface area contributed by atoms with E-state index in [-0.39, 0.29) is 12.0 Å². The summed E-state index contributed by atoms with van der Waals surface area (Å²) in [5.41, 5.74) is 0. The van der Waals surface area contributed by atoms with Crippen molar-refractivity contribution in [3.05, 3.63) is 30.3 Å². The van der Waals surface area contributed by atoms with Gasteiger partial charge in [-0.15, -0.1) is 22.0 Å². The summed E-state index contributed by atoms with van der Waals surface area (Å²) in [5.74, 6) is 2.03. The number of amides is 1. The summed E-state index contributed by atoms with van der Waals surface area (Å²) in [5, 5.41) is 12.6. The van der Waals surface area contributed by atoms with Crippen LogP contribution in [0, 0.1) is 0 Å². The molecule has 3 heterocycles. The fraction of sp³-hybridized carbons (Fsp3) is 0.571. The molecule has 1 amide bonds. The predicted molar refractivity (Wildman–Crippen MR) is 123 cm³/mol. The SMILES string of the molecule is O=C(CSc1nnc(N2CCOCC2)n1CC1CCCO1)NCCSc1ccccc1. The van der Waals surface area contributed by atoms with Gasteiger partial charge < -0.3 is 19.7 Å². The second kappa shape index (κ2) is 11.8. The number of morpholine rings is 1. The van der Waals surface area contributed by atoms with Gasteiger partial charge in [0.25, 0.3) is 0 Å². The van der Waals surface area contributed by atoms with Gasteiger partial charge in [0.05, 0.1) is 31.6 Å². The van der Waals surface area contributed by atoms with Crippen molar-refractivity contribution in [1.82, 2.24) is 20.1 Å². The van der Waals surface area contributed by atoms with Crippen molar-refractivity contribution in [3.63, 3.8) is 0 Å². The minimum Gasteiger partial charge on any atom is -0.378 e. The molecule has 0 radical (unpaired) electrons. The van der Waals surface area contributed by atoms with Crippen molar-refractivity contribution in [2.24, 2.45) is 0 Å². The highest BCUT2D eigenvalue weighted by Crippen LogP contribution is 2.25. The number of ether oxygens (including phenoxy) is 2. The second-order valence-corrected chi connectivity index (χ2v) is 9.54. The topological polar surface area (TPSA) is 81.5 Å². The number of thioether (sulfide) groups is 2. The third kappa shape index (κ3) is 6.61. The largest absolute Gasteiger partial charge is 0.378 e. The molecule has 10 heteroatoms. The lowest BCUT2D eigenvalue weighted by Gasteiger charge is -2.28. The van der Waals surface area contributed by atoms with E-state index in [9.17, 15) is 4.79 Å². The number of hydrogen-bond donors (Lipinski definition) is 1. The van der Waals surface area contributed by atoms with Crippen LogP contribution in [0.3, 0.4) is 0 Å². The van der Waals surface area contributed by atoms with E-state index in [2.05, 4.69) is 37.1 Å². The first-order chi connectivity index (χ1) is 15.3. The molecule has 1 aromatic carbocycles. The molecular weight excluding hydrogens is 434 g/mol. The molecule has 0 saturated carbocycles. The Bertz CT molecular complexity index is 824. The molecular formula is C21H29N5O3S2. The first kappa shape index (κ1) is 22.4. The summed E-state index contributed by atoms with van der Waals surface area (Å²) in [6.45, 7) is 5.16. The molecule has 2 aliphatic heterocycles. The number of hydrogen-bond acceptors (Lipinski definition) is 8. The zero-order valence-corrected chi connectivity index (χ0v) is 19.2. The zero-order valence-electron chi connectivity index (χ0n) is 17.6. The number of aromatic nitrogens is 3. The summed E-state index contributed by atoms with van der Waals surface area (Å²) < 4.78 is 13.4. The van der Waals surface area contributed by atoms with Crippen LogP contribution in [0.15, 0.2) is 40.4 Å². The molecule has 2 fully saturated rings. The Morgan fingerprint density at radius 1 is 1.13 bits per heavy atom. The Kier molecular flexibility index (Phi) is 8.51. The Hall–Kier alpha value is -1.75. The minimum absolute atomic E-state index is 0.0123. The number of carbonyl (C=O) groups excluding carboxylic acids is 1. The van der Waals surface area contributed by atoms with Gasteiger partial charge in [-0.3, -0.25) is 9.36 Å². The minimum atomic E-state index is 0.0123. The maximum atomic E-state index is 12.3. The standard InChI is InChI=1S/C21H29N5O3S2/c27-19(22-8-14-30-18-6-2-1-3-7-18)16-31-21-24-23-20(25-9-12-28-13-10-25)26(21)15-17-5-4-11-29-17/h1-3,6-7,17H,4-5,8-16H2,(H,22,27). The van der Waals surface area contributed by atoms with Crippen molar-refractivity contribution < 1.29 is 14.3 Å². The van der Waals surface area contributed by atoms with Crippen LogP contribution in [0.25, 0.3) is 0 Å². The quantitative estimate of drug-likeness (QED) is 0.425. The molecule has 8 nitrogen and oxygen atoms in total. The fourth-order valence-electron chi connectivity index (χ4n) is 3.59. The summed E-state index contributed by atoms with van der Waals surface area (Å²) in [6.07, 6.45) is 2.31. The monoisotopic (exact) mass is 463 g/mol. The van der Waals surface area contributed by atoms with E-state index in [0.717, 1.165) is 55.9 Å². The lowest BCUT2D eigenvalue weighted by atomic mass is 10.2. The lowest BCUT2D eigenvalue weighted by Crippen LogP contribution is -2.38. The number of nitrogens with one attached hydrogen (secondary N) is 1. The third-order valence-electron chi connectivity index (χ3n) is 5.17. The Balaban J connectivity index is 1.29. The van der Waals surface area contributed by atoms with E-state index in [1.54, 1.807) is 11.8 Å². The van der Waals surface area contributed by atoms with Crippen LogP contribution in [0.1, 0.15) is 12.8 Å². The van der Waals surface area contributed by atoms with E-state index in [0.29, 0.717) is 25.5 Å². The van der Waals surface area contributed by atoms with Gasteiger partial charge in [0.1, 0.15) is 0 Å². The van der Waals surface area contributed by atoms with Gasteiger partial charge in [-0.05, 0) is 25.0 Å². The number of carbonyl (C=O) groups is 1. The number of nitrogens with zero attached hydrogens (tertiary/aromatic N) is 4. The molecule has 2 aromatic rings. The first-order valence-corrected chi connectivity index (χ1v) is 12.7. The maximum absolute atomic E-state index is 12.3. The highest BCUT2D eigenvalue weighted by molar-refractivity contribution is 7.99. The highest BCUT2D eigenvalue weighted by Gasteiger charge is 2.25. The molecule has 31 heavy (non-hydrogen) atoms. The number of rotatable bonds is 10. The van der Waals surface area contributed by atoms with Gasteiger partial charge in [-0.1, -0.05) is 30.0 Å². The molecule has 1 unspecified atom stereocenters. The summed E-state index contributed by atoms with van der Waals surface area (Å²) in [6, 6.07) is 10.2. The molecule has 1 aromatic heterocycles. The Labute approximate surface area is 191 Å². The Morgan fingerprint density at radius 2 is 1.97 bits per heavy atom. The van der Waals surface area contributed by atoms with E-state index in [1.807, 2.05) is 18.2 Å². The fourth-order valence-corrected chi connectivity index (χ4v) is 5.16. The average molecular weight is 464 g/mol. The van der Waals surface area contributed by atoms with E-state index in [1.165, 1.54) is 16.7 Å². The van der Waals surface area contributed by atoms with Gasteiger partial charge in [0.2, 0.25) is 11.9 Å². The smallest absolute Gasteiger partial charge is 0.230 e. The van der Waals surface area contributed by atoms with Gasteiger partial charge in [-0.25, -0.2) is 0 Å². The van der Waals surface area contributed by atoms with Crippen molar-refractivity contribution >= 4 is 35.4 Å². The van der Waals surface area contributed by atoms with Gasteiger partial charge in [0.15, 0.2) is 5.16 Å². The average Bonchev–Trinajstić information content (AvgIpc) is 3.47. The van der Waals surface area contributed by atoms with Gasteiger partial charge in [0, 0.05) is 36.9 Å². The number of anilines is 1. The predicted octanol–water partition coefficient (Wildman–Crippen LogP) is 2.29. The molecule has 2 aliphatic rings. The van der Waals surface area contributed by atoms with Crippen LogP contribution in [-0.4, -0.2) is 77.7 Å². The van der Waals surface area contributed by atoms with Crippen molar-refractivity contribution in [1.29, 1.82) is 0 Å². The highest BCUT2D eigenvalue weighted by atomic mass is 32.2. The molecule has 2 saturated heterocycles. The van der Waals surface area contributed by atoms with Crippen LogP contribution >= 0.6 is 23.5 Å². The maximum Gasteiger partial charge on any atom is 0.230 e. The van der Waals surface area contributed by atoms with Crippen molar-refractivity contribution in [2.75, 3.05) is 55.9 Å². The molecule has 0 bridgehead atoms. The van der Waals surface area contributed by atoms with Gasteiger partial charge in [-0.2, -0.15) is 0 Å². The van der Waals surface area contributed by atoms with E-state index in [4.69, 9.17) is 9.47 Å². The molecule has 168 valence electrons. The van der Waals surface area contributed by atoms with Crippen LogP contribution < -0.4 is 10.2 Å². The van der Waals surface area contributed by atoms with E-state index < -0.39 is 0 Å². The van der Waals surface area contributed by atoms with Crippen LogP contribution in [0.2, 0.25) is 0 Å². The first-order valence-electron chi connectivity index (χ1n) is 10.7. The Morgan fingerprint density at radius 3 is 2.74 bits per heavy atom.